The quantitative estimate of drug-likeness (QED) is 0.536. The van der Waals surface area contributed by atoms with Crippen molar-refractivity contribution in [3.05, 3.63) is 65.7 Å². The second kappa shape index (κ2) is 7.24. The number of aromatic carboxylic acids is 1. The Labute approximate surface area is 124 Å². The molecule has 0 radical (unpaired) electrons. The fourth-order valence-corrected chi connectivity index (χ4v) is 2.01. The summed E-state index contributed by atoms with van der Waals surface area (Å²) in [6, 6.07) is 16.4. The molecular weight excluding hydrogens is 264 g/mol. The van der Waals surface area contributed by atoms with E-state index in [0.29, 0.717) is 12.1 Å². The lowest BCUT2D eigenvalue weighted by molar-refractivity contribution is 0.0697. The summed E-state index contributed by atoms with van der Waals surface area (Å²) >= 11 is 0. The van der Waals surface area contributed by atoms with Gasteiger partial charge < -0.3 is 15.8 Å². The summed E-state index contributed by atoms with van der Waals surface area (Å²) in [6.45, 7) is 0.752. The molecule has 0 fully saturated rings. The SMILES string of the molecule is N=C(CCCNc1ccc(C(=O)O)cc1)c1ccccc1. The molecule has 4 heteroatoms. The lowest BCUT2D eigenvalue weighted by Gasteiger charge is -2.07. The van der Waals surface area contributed by atoms with Crippen LogP contribution in [0.1, 0.15) is 28.8 Å². The van der Waals surface area contributed by atoms with Crippen molar-refractivity contribution in [3.63, 3.8) is 0 Å². The number of carbonyl (C=O) groups is 1. The van der Waals surface area contributed by atoms with E-state index < -0.39 is 5.97 Å². The van der Waals surface area contributed by atoms with Gasteiger partial charge in [0.05, 0.1) is 5.56 Å². The molecule has 0 saturated carbocycles. The highest BCUT2D eigenvalue weighted by atomic mass is 16.4. The van der Waals surface area contributed by atoms with E-state index in [0.717, 1.165) is 24.2 Å². The molecule has 2 aromatic rings. The normalized spacial score (nSPS) is 10.1. The number of nitrogens with one attached hydrogen (secondary N) is 2. The van der Waals surface area contributed by atoms with Crippen LogP contribution in [-0.2, 0) is 0 Å². The van der Waals surface area contributed by atoms with Crippen LogP contribution in [0.25, 0.3) is 0 Å². The van der Waals surface area contributed by atoms with Gasteiger partial charge in [-0.05, 0) is 42.7 Å². The van der Waals surface area contributed by atoms with E-state index in [-0.39, 0.29) is 5.56 Å². The Bertz CT molecular complexity index is 606. The van der Waals surface area contributed by atoms with Crippen molar-refractivity contribution >= 4 is 17.4 Å². The number of carboxylic acid groups (broad SMARTS) is 1. The molecule has 0 bridgehead atoms. The third-order valence-corrected chi connectivity index (χ3v) is 3.19. The van der Waals surface area contributed by atoms with Gasteiger partial charge in [0.1, 0.15) is 0 Å². The third kappa shape index (κ3) is 4.45. The zero-order valence-corrected chi connectivity index (χ0v) is 11.7. The van der Waals surface area contributed by atoms with Gasteiger partial charge in [0.2, 0.25) is 0 Å². The fraction of sp³-hybridized carbons (Fsp3) is 0.176. The van der Waals surface area contributed by atoms with Crippen LogP contribution in [0.4, 0.5) is 5.69 Å². The first-order chi connectivity index (χ1) is 10.2. The average Bonchev–Trinajstić information content (AvgIpc) is 2.52. The van der Waals surface area contributed by atoms with E-state index in [1.165, 1.54) is 0 Å². The van der Waals surface area contributed by atoms with E-state index in [1.807, 2.05) is 30.3 Å². The molecule has 0 aliphatic rings. The lowest BCUT2D eigenvalue weighted by Crippen LogP contribution is -2.06. The van der Waals surface area contributed by atoms with Crippen molar-refractivity contribution in [2.75, 3.05) is 11.9 Å². The van der Waals surface area contributed by atoms with Gasteiger partial charge in [-0.3, -0.25) is 0 Å². The summed E-state index contributed by atoms with van der Waals surface area (Å²) in [5, 5.41) is 20.0. The smallest absolute Gasteiger partial charge is 0.335 e. The van der Waals surface area contributed by atoms with Gasteiger partial charge in [-0.1, -0.05) is 30.3 Å². The van der Waals surface area contributed by atoms with Gasteiger partial charge in [-0.25, -0.2) is 4.79 Å². The van der Waals surface area contributed by atoms with Crippen LogP contribution < -0.4 is 5.32 Å². The van der Waals surface area contributed by atoms with Crippen LogP contribution in [0.2, 0.25) is 0 Å². The molecule has 0 unspecified atom stereocenters. The second-order valence-electron chi connectivity index (χ2n) is 4.76. The van der Waals surface area contributed by atoms with E-state index in [2.05, 4.69) is 5.32 Å². The highest BCUT2D eigenvalue weighted by Gasteiger charge is 2.02. The van der Waals surface area contributed by atoms with Crippen LogP contribution in [0.15, 0.2) is 54.6 Å². The first-order valence-corrected chi connectivity index (χ1v) is 6.87. The predicted octanol–water partition coefficient (Wildman–Crippen LogP) is 3.64. The largest absolute Gasteiger partial charge is 0.478 e. The molecule has 2 rings (SSSR count). The van der Waals surface area contributed by atoms with Crippen molar-refractivity contribution < 1.29 is 9.90 Å². The molecule has 0 spiro atoms. The van der Waals surface area contributed by atoms with Gasteiger partial charge in [-0.15, -0.1) is 0 Å². The minimum absolute atomic E-state index is 0.284. The number of anilines is 1. The van der Waals surface area contributed by atoms with Gasteiger partial charge >= 0.3 is 5.97 Å². The van der Waals surface area contributed by atoms with Crippen molar-refractivity contribution in [1.82, 2.24) is 0 Å². The van der Waals surface area contributed by atoms with Gasteiger partial charge in [0.25, 0.3) is 0 Å². The zero-order chi connectivity index (χ0) is 15.1. The molecule has 21 heavy (non-hydrogen) atoms. The second-order valence-corrected chi connectivity index (χ2v) is 4.76. The maximum absolute atomic E-state index is 10.7. The Kier molecular flexibility index (Phi) is 5.10. The Morgan fingerprint density at radius 1 is 1.00 bits per heavy atom. The molecule has 0 aliphatic carbocycles. The number of benzene rings is 2. The van der Waals surface area contributed by atoms with Crippen LogP contribution in [0, 0.1) is 5.41 Å². The maximum Gasteiger partial charge on any atom is 0.335 e. The Morgan fingerprint density at radius 3 is 2.29 bits per heavy atom. The molecule has 0 aromatic heterocycles. The average molecular weight is 282 g/mol. The number of rotatable bonds is 7. The molecular formula is C17H18N2O2. The molecule has 108 valence electrons. The number of hydrogen-bond acceptors (Lipinski definition) is 3. The molecule has 0 aliphatic heterocycles. The van der Waals surface area contributed by atoms with Crippen LogP contribution in [0.3, 0.4) is 0 Å². The van der Waals surface area contributed by atoms with Crippen molar-refractivity contribution in [2.45, 2.75) is 12.8 Å². The molecule has 2 aromatic carbocycles. The number of carboxylic acids is 1. The molecule has 0 amide bonds. The maximum atomic E-state index is 10.7. The molecule has 0 heterocycles. The summed E-state index contributed by atoms with van der Waals surface area (Å²) < 4.78 is 0. The third-order valence-electron chi connectivity index (χ3n) is 3.19. The Balaban J connectivity index is 1.75. The van der Waals surface area contributed by atoms with Crippen molar-refractivity contribution in [2.24, 2.45) is 0 Å². The van der Waals surface area contributed by atoms with E-state index in [1.54, 1.807) is 24.3 Å². The molecule has 3 N–H and O–H groups in total. The van der Waals surface area contributed by atoms with E-state index >= 15 is 0 Å². The minimum Gasteiger partial charge on any atom is -0.478 e. The topological polar surface area (TPSA) is 73.2 Å². The molecule has 4 nitrogen and oxygen atoms in total. The summed E-state index contributed by atoms with van der Waals surface area (Å²) in [7, 11) is 0. The van der Waals surface area contributed by atoms with E-state index in [4.69, 9.17) is 10.5 Å². The standard InChI is InChI=1S/C17H18N2O2/c18-16(13-5-2-1-3-6-13)7-4-12-19-15-10-8-14(9-11-15)17(20)21/h1-3,5-6,8-11,18-19H,4,7,12H2,(H,20,21). The van der Waals surface area contributed by atoms with Crippen molar-refractivity contribution in [1.29, 1.82) is 5.41 Å². The summed E-state index contributed by atoms with van der Waals surface area (Å²) in [4.78, 5) is 10.7. The van der Waals surface area contributed by atoms with E-state index in [9.17, 15) is 4.79 Å². The highest BCUT2D eigenvalue weighted by molar-refractivity contribution is 5.98. The van der Waals surface area contributed by atoms with Crippen LogP contribution >= 0.6 is 0 Å². The Hall–Kier alpha value is -2.62. The molecule has 0 saturated heterocycles. The lowest BCUT2D eigenvalue weighted by atomic mass is 10.1. The number of hydrogen-bond donors (Lipinski definition) is 3. The summed E-state index contributed by atoms with van der Waals surface area (Å²) in [6.07, 6.45) is 1.57. The van der Waals surface area contributed by atoms with Crippen molar-refractivity contribution in [3.8, 4) is 0 Å². The summed E-state index contributed by atoms with van der Waals surface area (Å²) in [5.74, 6) is -0.919. The predicted molar refractivity (Wildman–Crippen MR) is 84.4 cm³/mol. The van der Waals surface area contributed by atoms with Crippen LogP contribution in [-0.4, -0.2) is 23.3 Å². The Morgan fingerprint density at radius 2 is 1.67 bits per heavy atom. The first kappa shape index (κ1) is 14.8. The van der Waals surface area contributed by atoms with Crippen LogP contribution in [0.5, 0.6) is 0 Å². The first-order valence-electron chi connectivity index (χ1n) is 6.87. The van der Waals surface area contributed by atoms with Gasteiger partial charge in [0.15, 0.2) is 0 Å². The molecule has 0 atom stereocenters. The fourth-order valence-electron chi connectivity index (χ4n) is 2.01. The van der Waals surface area contributed by atoms with Gasteiger partial charge in [0, 0.05) is 17.9 Å². The van der Waals surface area contributed by atoms with Gasteiger partial charge in [-0.2, -0.15) is 0 Å². The highest BCUT2D eigenvalue weighted by Crippen LogP contribution is 2.10. The summed E-state index contributed by atoms with van der Waals surface area (Å²) in [5.41, 5.74) is 2.78. The monoisotopic (exact) mass is 282 g/mol. The minimum atomic E-state index is -0.919. The zero-order valence-electron chi connectivity index (χ0n) is 11.7.